The highest BCUT2D eigenvalue weighted by Gasteiger charge is 2.30. The molecule has 6 nitrogen and oxygen atoms in total. The summed E-state index contributed by atoms with van der Waals surface area (Å²) in [5.41, 5.74) is 13.3. The SMILES string of the molecule is [2H]C([2H])([2H])c1c(-c2ccc3oc4ccccc4c3c2)oc2cnc(-c3cc(-c4cccc5c4nc(-c4cc(C(C)(C)C)cc(C(C)(C)C)c4O)n5-c4ccccc4-c4ccccc4)cc(C(C)(C)C)c3)cc12. The third kappa shape index (κ3) is 7.59. The van der Waals surface area contributed by atoms with Crippen LogP contribution in [0.25, 0.3) is 106 Å². The van der Waals surface area contributed by atoms with Gasteiger partial charge in [0.1, 0.15) is 28.5 Å². The number of rotatable bonds is 6. The fourth-order valence-electron chi connectivity index (χ4n) is 9.69. The van der Waals surface area contributed by atoms with E-state index in [1.54, 1.807) is 6.20 Å². The molecule has 11 aromatic rings. The molecule has 0 saturated carbocycles. The van der Waals surface area contributed by atoms with Crippen molar-refractivity contribution in [3.63, 3.8) is 0 Å². The number of furan rings is 2. The number of fused-ring (bicyclic) bond motifs is 5. The summed E-state index contributed by atoms with van der Waals surface area (Å²) in [4.78, 5) is 10.6. The maximum atomic E-state index is 12.5. The maximum Gasteiger partial charge on any atom is 0.153 e. The summed E-state index contributed by atoms with van der Waals surface area (Å²) in [6.45, 7) is 17.1. The molecule has 0 saturated heterocycles. The lowest BCUT2D eigenvalue weighted by molar-refractivity contribution is 0.446. The molecule has 6 heteroatoms. The number of aromatic hydroxyl groups is 1. The number of phenols is 1. The highest BCUT2D eigenvalue weighted by atomic mass is 16.3. The summed E-state index contributed by atoms with van der Waals surface area (Å²) in [6.07, 6.45) is 1.64. The largest absolute Gasteiger partial charge is 0.507 e. The van der Waals surface area contributed by atoms with Crippen molar-refractivity contribution < 1.29 is 18.1 Å². The van der Waals surface area contributed by atoms with Crippen LogP contribution < -0.4 is 0 Å². The summed E-state index contributed by atoms with van der Waals surface area (Å²) in [7, 11) is 0. The lowest BCUT2D eigenvalue weighted by Crippen LogP contribution is -2.17. The Labute approximate surface area is 408 Å². The molecule has 0 radical (unpaired) electrons. The molecule has 0 aliphatic heterocycles. The van der Waals surface area contributed by atoms with Crippen LogP contribution in [0.3, 0.4) is 0 Å². The van der Waals surface area contributed by atoms with Crippen molar-refractivity contribution in [1.29, 1.82) is 0 Å². The molecule has 4 heterocycles. The molecule has 11 rings (SSSR count). The zero-order chi connectivity index (χ0) is 50.6. The average Bonchev–Trinajstić information content (AvgIpc) is 4.04. The topological polar surface area (TPSA) is 77.2 Å². The van der Waals surface area contributed by atoms with Crippen molar-refractivity contribution in [1.82, 2.24) is 14.5 Å². The fourth-order valence-corrected chi connectivity index (χ4v) is 9.69. The Morgan fingerprint density at radius 3 is 1.99 bits per heavy atom. The molecule has 0 aliphatic rings. The molecule has 0 unspecified atom stereocenters. The van der Waals surface area contributed by atoms with Gasteiger partial charge < -0.3 is 13.9 Å². The summed E-state index contributed by atoms with van der Waals surface area (Å²) >= 11 is 0. The van der Waals surface area contributed by atoms with Crippen LogP contribution in [0.2, 0.25) is 0 Å². The number of phenolic OH excluding ortho intramolecular Hbond substituents is 1. The molecule has 0 aliphatic carbocycles. The molecule has 0 bridgehead atoms. The van der Waals surface area contributed by atoms with Gasteiger partial charge in [-0.1, -0.05) is 153 Å². The smallest absolute Gasteiger partial charge is 0.153 e. The van der Waals surface area contributed by atoms with Gasteiger partial charge in [0, 0.05) is 53.7 Å². The Bertz CT molecular complexity index is 3930. The predicted octanol–water partition coefficient (Wildman–Crippen LogP) is 17.3. The van der Waals surface area contributed by atoms with Crippen molar-refractivity contribution in [3.8, 4) is 67.7 Å². The Hall–Kier alpha value is -7.70. The Balaban J connectivity index is 1.14. The molecular weight excluding hydrogens is 847 g/mol. The second kappa shape index (κ2) is 16.0. The fraction of sp³-hybridized carbons (Fsp3) is 0.206. The van der Waals surface area contributed by atoms with E-state index in [1.165, 1.54) is 0 Å². The van der Waals surface area contributed by atoms with Gasteiger partial charge in [-0.05, 0) is 106 Å². The van der Waals surface area contributed by atoms with Crippen LogP contribution in [0.5, 0.6) is 5.75 Å². The van der Waals surface area contributed by atoms with E-state index < -0.39 is 6.85 Å². The maximum absolute atomic E-state index is 12.5. The summed E-state index contributed by atoms with van der Waals surface area (Å²) in [5.74, 6) is 1.11. The van der Waals surface area contributed by atoms with E-state index in [0.717, 1.165) is 77.6 Å². The molecule has 0 atom stereocenters. The lowest BCUT2D eigenvalue weighted by Gasteiger charge is -2.27. The van der Waals surface area contributed by atoms with Gasteiger partial charge in [0.2, 0.25) is 0 Å². The third-order valence-electron chi connectivity index (χ3n) is 13.6. The molecule has 4 aromatic heterocycles. The van der Waals surface area contributed by atoms with Crippen molar-refractivity contribution in [2.45, 2.75) is 85.4 Å². The molecule has 0 amide bonds. The highest BCUT2D eigenvalue weighted by Crippen LogP contribution is 2.46. The number of pyridine rings is 1. The first-order chi connectivity index (χ1) is 34.1. The quantitative estimate of drug-likeness (QED) is 0.180. The van der Waals surface area contributed by atoms with Crippen LogP contribution >= 0.6 is 0 Å². The minimum Gasteiger partial charge on any atom is -0.507 e. The molecular formula is C63H57N3O3. The van der Waals surface area contributed by atoms with Gasteiger partial charge in [-0.2, -0.15) is 0 Å². The highest BCUT2D eigenvalue weighted by molar-refractivity contribution is 6.06. The molecule has 69 heavy (non-hydrogen) atoms. The van der Waals surface area contributed by atoms with Crippen molar-refractivity contribution in [2.75, 3.05) is 0 Å². The van der Waals surface area contributed by atoms with Crippen LogP contribution in [-0.4, -0.2) is 19.6 Å². The van der Waals surface area contributed by atoms with E-state index >= 15 is 0 Å². The van der Waals surface area contributed by atoms with E-state index in [2.05, 4.69) is 164 Å². The van der Waals surface area contributed by atoms with Crippen LogP contribution in [-0.2, 0) is 16.2 Å². The normalized spacial score (nSPS) is 13.4. The number of hydrogen-bond donors (Lipinski definition) is 1. The van der Waals surface area contributed by atoms with Crippen molar-refractivity contribution in [2.24, 2.45) is 0 Å². The van der Waals surface area contributed by atoms with E-state index in [4.69, 9.17) is 22.9 Å². The molecule has 1 N–H and O–H groups in total. The van der Waals surface area contributed by atoms with Gasteiger partial charge >= 0.3 is 0 Å². The number of hydrogen-bond acceptors (Lipinski definition) is 5. The summed E-state index contributed by atoms with van der Waals surface area (Å²) in [6, 6.07) is 51.1. The van der Waals surface area contributed by atoms with E-state index in [-0.39, 0.29) is 33.3 Å². The van der Waals surface area contributed by atoms with Gasteiger partial charge in [-0.25, -0.2) is 4.98 Å². The van der Waals surface area contributed by atoms with Crippen LogP contribution in [0, 0.1) is 6.85 Å². The van der Waals surface area contributed by atoms with Gasteiger partial charge in [-0.15, -0.1) is 0 Å². The number of aryl methyl sites for hydroxylation is 1. The minimum absolute atomic E-state index is 0.132. The standard InChI is InChI=1S/C63H57N3O3/c1-37-47-35-51(64-36-56(47)69-59(37)39-27-28-55-48(32-39)46-22-15-17-26-54(46)68-55)41-29-40(30-42(31-41)61(2,3)4)45-23-18-25-53-57(45)65-60(49-33-43(62(5,6)7)34-50(58(49)67)63(8,9)10)66(53)52-24-16-14-21-44(52)38-19-12-11-13-20-38/h11-36,67H,1-10H3/i1D3. The first kappa shape index (κ1) is 40.4. The van der Waals surface area contributed by atoms with Crippen molar-refractivity contribution in [3.05, 3.63) is 180 Å². The Morgan fingerprint density at radius 2 is 1.22 bits per heavy atom. The number of nitrogens with zero attached hydrogens (tertiary/aromatic N) is 3. The minimum atomic E-state index is -2.51. The summed E-state index contributed by atoms with van der Waals surface area (Å²) < 4.78 is 41.3. The average molecular weight is 907 g/mol. The number of imidazole rings is 1. The van der Waals surface area contributed by atoms with Crippen molar-refractivity contribution >= 4 is 43.9 Å². The predicted molar refractivity (Wildman–Crippen MR) is 286 cm³/mol. The van der Waals surface area contributed by atoms with Crippen LogP contribution in [0.15, 0.2) is 167 Å². The molecule has 7 aromatic carbocycles. The van der Waals surface area contributed by atoms with Gasteiger partial charge in [0.15, 0.2) is 5.58 Å². The van der Waals surface area contributed by atoms with Gasteiger partial charge in [-0.3, -0.25) is 9.55 Å². The van der Waals surface area contributed by atoms with E-state index in [0.29, 0.717) is 39.2 Å². The third-order valence-corrected chi connectivity index (χ3v) is 13.6. The first-order valence-corrected chi connectivity index (χ1v) is 23.7. The molecule has 342 valence electrons. The van der Waals surface area contributed by atoms with Gasteiger partial charge in [0.25, 0.3) is 0 Å². The van der Waals surface area contributed by atoms with Crippen LogP contribution in [0.1, 0.15) is 88.7 Å². The number of aromatic nitrogens is 3. The monoisotopic (exact) mass is 906 g/mol. The van der Waals surface area contributed by atoms with Crippen LogP contribution in [0.4, 0.5) is 0 Å². The van der Waals surface area contributed by atoms with Gasteiger partial charge in [0.05, 0.1) is 34.2 Å². The zero-order valence-electron chi connectivity index (χ0n) is 43.6. The van der Waals surface area contributed by atoms with E-state index in [1.807, 2.05) is 54.6 Å². The summed E-state index contributed by atoms with van der Waals surface area (Å²) in [5, 5.41) is 14.8. The molecule has 0 spiro atoms. The second-order valence-electron chi connectivity index (χ2n) is 21.5. The second-order valence-corrected chi connectivity index (χ2v) is 21.5. The number of benzene rings is 7. The molecule has 0 fully saturated rings. The van der Waals surface area contributed by atoms with E-state index in [9.17, 15) is 5.11 Å². The Kier molecular flexibility index (Phi) is 9.33. The zero-order valence-corrected chi connectivity index (χ0v) is 40.6. The Morgan fingerprint density at radius 1 is 0.522 bits per heavy atom. The number of para-hydroxylation sites is 3. The lowest BCUT2D eigenvalue weighted by atomic mass is 9.79. The first-order valence-electron chi connectivity index (χ1n) is 25.2.